The molecule has 0 spiro atoms. The van der Waals surface area contributed by atoms with Crippen molar-refractivity contribution < 1.29 is 14.3 Å². The number of hydrogen-bond donors (Lipinski definition) is 2. The van der Waals surface area contributed by atoms with Gasteiger partial charge in [0.2, 0.25) is 0 Å². The maximum absolute atomic E-state index is 12.3. The quantitative estimate of drug-likeness (QED) is 0.755. The number of carbonyl (C=O) groups is 1. The van der Waals surface area contributed by atoms with Crippen LogP contribution in [0.4, 0.5) is 5.69 Å². The first-order valence-corrected chi connectivity index (χ1v) is 7.35. The van der Waals surface area contributed by atoms with Gasteiger partial charge in [0.15, 0.2) is 0 Å². The number of nitrogens with zero attached hydrogens (tertiary/aromatic N) is 1. The van der Waals surface area contributed by atoms with Crippen LogP contribution in [0.25, 0.3) is 11.3 Å². The number of hydrogen-bond acceptors (Lipinski definition) is 4. The predicted octanol–water partition coefficient (Wildman–Crippen LogP) is 3.35. The highest BCUT2D eigenvalue weighted by molar-refractivity contribution is 6.03. The van der Waals surface area contributed by atoms with E-state index in [-0.39, 0.29) is 5.91 Å². The van der Waals surface area contributed by atoms with Crippen LogP contribution in [0.1, 0.15) is 10.5 Å². The number of methoxy groups -OCH3 is 2. The summed E-state index contributed by atoms with van der Waals surface area (Å²) in [5.41, 5.74) is 2.60. The molecule has 0 saturated carbocycles. The van der Waals surface area contributed by atoms with Gasteiger partial charge < -0.3 is 14.8 Å². The third-order valence-corrected chi connectivity index (χ3v) is 3.54. The molecule has 3 aromatic rings. The number of amides is 1. The van der Waals surface area contributed by atoms with Crippen LogP contribution in [0.2, 0.25) is 0 Å². The van der Waals surface area contributed by atoms with Crippen molar-refractivity contribution in [3.8, 4) is 22.8 Å². The summed E-state index contributed by atoms with van der Waals surface area (Å²) >= 11 is 0. The van der Waals surface area contributed by atoms with Crippen LogP contribution in [0.3, 0.4) is 0 Å². The molecule has 0 bridgehead atoms. The number of anilines is 1. The van der Waals surface area contributed by atoms with Crippen LogP contribution in [-0.2, 0) is 0 Å². The number of H-pyrrole nitrogens is 1. The SMILES string of the molecule is COc1ccc(NC(=O)c2cc(-c3cccc(OC)c3)n[nH]2)cc1. The summed E-state index contributed by atoms with van der Waals surface area (Å²) in [6.07, 6.45) is 0. The van der Waals surface area contributed by atoms with Gasteiger partial charge in [-0.15, -0.1) is 0 Å². The zero-order valence-electron chi connectivity index (χ0n) is 13.4. The molecule has 6 nitrogen and oxygen atoms in total. The standard InChI is InChI=1S/C18H17N3O3/c1-23-14-8-6-13(7-9-14)19-18(22)17-11-16(20-21-17)12-4-3-5-15(10-12)24-2/h3-11H,1-2H3,(H,19,22)(H,20,21). The molecule has 1 aromatic heterocycles. The Kier molecular flexibility index (Phi) is 4.47. The fourth-order valence-corrected chi connectivity index (χ4v) is 2.24. The molecular formula is C18H17N3O3. The molecule has 0 radical (unpaired) electrons. The topological polar surface area (TPSA) is 76.2 Å². The maximum atomic E-state index is 12.3. The number of carbonyl (C=O) groups excluding carboxylic acids is 1. The van der Waals surface area contributed by atoms with Crippen molar-refractivity contribution in [1.29, 1.82) is 0 Å². The first kappa shape index (κ1) is 15.6. The molecule has 0 aliphatic carbocycles. The second kappa shape index (κ2) is 6.87. The van der Waals surface area contributed by atoms with Gasteiger partial charge in [-0.05, 0) is 42.5 Å². The molecule has 2 aromatic carbocycles. The Labute approximate surface area is 139 Å². The van der Waals surface area contributed by atoms with Crippen molar-refractivity contribution in [3.05, 3.63) is 60.3 Å². The van der Waals surface area contributed by atoms with Gasteiger partial charge in [-0.1, -0.05) is 12.1 Å². The Morgan fingerprint density at radius 2 is 1.75 bits per heavy atom. The van der Waals surface area contributed by atoms with Gasteiger partial charge >= 0.3 is 0 Å². The van der Waals surface area contributed by atoms with Crippen LogP contribution in [0.5, 0.6) is 11.5 Å². The van der Waals surface area contributed by atoms with Crippen LogP contribution in [0, 0.1) is 0 Å². The summed E-state index contributed by atoms with van der Waals surface area (Å²) in [6, 6.07) is 16.3. The smallest absolute Gasteiger partial charge is 0.273 e. The van der Waals surface area contributed by atoms with Gasteiger partial charge in [0, 0.05) is 11.3 Å². The number of aromatic amines is 1. The zero-order chi connectivity index (χ0) is 16.9. The summed E-state index contributed by atoms with van der Waals surface area (Å²) in [7, 11) is 3.20. The Bertz CT molecular complexity index is 841. The van der Waals surface area contributed by atoms with Crippen LogP contribution in [0.15, 0.2) is 54.6 Å². The highest BCUT2D eigenvalue weighted by atomic mass is 16.5. The van der Waals surface area contributed by atoms with Gasteiger partial charge in [0.1, 0.15) is 17.2 Å². The van der Waals surface area contributed by atoms with Crippen molar-refractivity contribution in [2.45, 2.75) is 0 Å². The minimum absolute atomic E-state index is 0.262. The fourth-order valence-electron chi connectivity index (χ4n) is 2.24. The fraction of sp³-hybridized carbons (Fsp3) is 0.111. The van der Waals surface area contributed by atoms with E-state index in [0.717, 1.165) is 17.1 Å². The van der Waals surface area contributed by atoms with Gasteiger partial charge in [-0.25, -0.2) is 0 Å². The van der Waals surface area contributed by atoms with E-state index >= 15 is 0 Å². The summed E-state index contributed by atoms with van der Waals surface area (Å²) in [6.45, 7) is 0. The lowest BCUT2D eigenvalue weighted by atomic mass is 10.1. The van der Waals surface area contributed by atoms with E-state index in [1.54, 1.807) is 44.6 Å². The highest BCUT2D eigenvalue weighted by Gasteiger charge is 2.12. The van der Waals surface area contributed by atoms with Gasteiger partial charge in [-0.2, -0.15) is 5.10 Å². The second-order valence-corrected chi connectivity index (χ2v) is 5.08. The van der Waals surface area contributed by atoms with Crippen molar-refractivity contribution in [1.82, 2.24) is 10.2 Å². The van der Waals surface area contributed by atoms with Crippen molar-refractivity contribution in [2.24, 2.45) is 0 Å². The van der Waals surface area contributed by atoms with Gasteiger partial charge in [0.25, 0.3) is 5.91 Å². The number of benzene rings is 2. The molecule has 1 heterocycles. The molecule has 1 amide bonds. The summed E-state index contributed by atoms with van der Waals surface area (Å²) in [5, 5.41) is 9.75. The lowest BCUT2D eigenvalue weighted by Gasteiger charge is -2.04. The van der Waals surface area contributed by atoms with Crippen molar-refractivity contribution >= 4 is 11.6 Å². The van der Waals surface area contributed by atoms with E-state index in [9.17, 15) is 4.79 Å². The molecule has 6 heteroatoms. The normalized spacial score (nSPS) is 10.2. The van der Waals surface area contributed by atoms with E-state index in [0.29, 0.717) is 17.1 Å². The molecule has 3 rings (SSSR count). The average molecular weight is 323 g/mol. The summed E-state index contributed by atoms with van der Waals surface area (Å²) < 4.78 is 10.3. The van der Waals surface area contributed by atoms with E-state index in [1.165, 1.54) is 0 Å². The first-order chi connectivity index (χ1) is 11.7. The highest BCUT2D eigenvalue weighted by Crippen LogP contribution is 2.23. The van der Waals surface area contributed by atoms with Gasteiger partial charge in [0.05, 0.1) is 19.9 Å². The summed E-state index contributed by atoms with van der Waals surface area (Å²) in [4.78, 5) is 12.3. The number of aromatic nitrogens is 2. The largest absolute Gasteiger partial charge is 0.497 e. The minimum Gasteiger partial charge on any atom is -0.497 e. The number of ether oxygens (including phenoxy) is 2. The number of rotatable bonds is 5. The number of nitrogens with one attached hydrogen (secondary N) is 2. The Morgan fingerprint density at radius 3 is 2.46 bits per heavy atom. The third kappa shape index (κ3) is 3.38. The lowest BCUT2D eigenvalue weighted by molar-refractivity contribution is 0.102. The Hall–Kier alpha value is -3.28. The van der Waals surface area contributed by atoms with Crippen LogP contribution < -0.4 is 14.8 Å². The molecule has 0 unspecified atom stereocenters. The summed E-state index contributed by atoms with van der Waals surface area (Å²) in [5.74, 6) is 1.20. The van der Waals surface area contributed by atoms with Crippen molar-refractivity contribution in [3.63, 3.8) is 0 Å². The Morgan fingerprint density at radius 1 is 1.00 bits per heavy atom. The van der Waals surface area contributed by atoms with Crippen molar-refractivity contribution in [2.75, 3.05) is 19.5 Å². The predicted molar refractivity (Wildman–Crippen MR) is 91.5 cm³/mol. The molecular weight excluding hydrogens is 306 g/mol. The molecule has 0 aliphatic heterocycles. The Balaban J connectivity index is 1.75. The van der Waals surface area contributed by atoms with E-state index in [2.05, 4.69) is 15.5 Å². The molecule has 0 atom stereocenters. The monoisotopic (exact) mass is 323 g/mol. The minimum atomic E-state index is -0.262. The second-order valence-electron chi connectivity index (χ2n) is 5.08. The molecule has 0 fully saturated rings. The average Bonchev–Trinajstić information content (AvgIpc) is 3.13. The lowest BCUT2D eigenvalue weighted by Crippen LogP contribution is -2.12. The van der Waals surface area contributed by atoms with Gasteiger partial charge in [-0.3, -0.25) is 9.89 Å². The zero-order valence-corrected chi connectivity index (χ0v) is 13.4. The molecule has 0 saturated heterocycles. The van der Waals surface area contributed by atoms with E-state index < -0.39 is 0 Å². The van der Waals surface area contributed by atoms with E-state index in [1.807, 2.05) is 24.3 Å². The molecule has 2 N–H and O–H groups in total. The molecule has 0 aliphatic rings. The first-order valence-electron chi connectivity index (χ1n) is 7.35. The molecule has 24 heavy (non-hydrogen) atoms. The maximum Gasteiger partial charge on any atom is 0.273 e. The third-order valence-electron chi connectivity index (χ3n) is 3.54. The molecule has 122 valence electrons. The van der Waals surface area contributed by atoms with Crippen LogP contribution >= 0.6 is 0 Å². The van der Waals surface area contributed by atoms with E-state index in [4.69, 9.17) is 9.47 Å². The van der Waals surface area contributed by atoms with Crippen LogP contribution in [-0.4, -0.2) is 30.3 Å².